The Hall–Kier alpha value is -2.53. The number of carbonyl (C=O) groups is 1. The topological polar surface area (TPSA) is 112 Å². The highest BCUT2D eigenvalue weighted by atomic mass is 32.2. The number of aromatic nitrogens is 2. The number of urea groups is 1. The maximum absolute atomic E-state index is 14.8. The molecule has 0 bridgehead atoms. The number of benzene rings is 1. The molecule has 1 aliphatic heterocycles. The number of alkyl halides is 1. The van der Waals surface area contributed by atoms with Crippen LogP contribution in [0, 0.1) is 5.82 Å². The van der Waals surface area contributed by atoms with Crippen molar-refractivity contribution in [3.63, 3.8) is 0 Å². The molecule has 1 aromatic heterocycles. The number of nitrogens with one attached hydrogen (secondary N) is 1. The van der Waals surface area contributed by atoms with Gasteiger partial charge in [-0.25, -0.2) is 27.6 Å². The second kappa shape index (κ2) is 6.74. The monoisotopic (exact) mass is 437 g/mol. The van der Waals surface area contributed by atoms with Crippen LogP contribution in [0.25, 0.3) is 0 Å². The molecule has 2 aromatic rings. The van der Waals surface area contributed by atoms with E-state index in [1.807, 2.05) is 6.92 Å². The van der Waals surface area contributed by atoms with Gasteiger partial charge in [0.25, 0.3) is 0 Å². The molecule has 2 amide bonds. The van der Waals surface area contributed by atoms with Crippen molar-refractivity contribution in [2.45, 2.75) is 62.7 Å². The van der Waals surface area contributed by atoms with E-state index in [9.17, 15) is 17.8 Å². The summed E-state index contributed by atoms with van der Waals surface area (Å²) < 4.78 is 52.6. The summed E-state index contributed by atoms with van der Waals surface area (Å²) in [7, 11) is -3.63. The Kier molecular flexibility index (Phi) is 4.37. The molecule has 3 atom stereocenters. The summed E-state index contributed by atoms with van der Waals surface area (Å²) in [5, 5.41) is 12.6. The number of ether oxygens (including phenoxy) is 1. The Labute approximate surface area is 172 Å². The first-order valence-corrected chi connectivity index (χ1v) is 11.4. The lowest BCUT2D eigenvalue weighted by Crippen LogP contribution is -2.19. The number of nitrogens with two attached hydrogens (primary N) is 1. The zero-order valence-electron chi connectivity index (χ0n) is 16.3. The third-order valence-electron chi connectivity index (χ3n) is 5.83. The molecule has 1 unspecified atom stereocenters. The van der Waals surface area contributed by atoms with Crippen molar-refractivity contribution in [1.29, 1.82) is 0 Å². The normalized spacial score (nSPS) is 23.3. The van der Waals surface area contributed by atoms with E-state index < -0.39 is 22.1 Å². The van der Waals surface area contributed by atoms with Crippen molar-refractivity contribution < 1.29 is 22.5 Å². The third kappa shape index (κ3) is 2.99. The molecular weight excluding hydrogens is 416 g/mol. The van der Waals surface area contributed by atoms with E-state index in [2.05, 4.69) is 14.8 Å². The number of hydrogen-bond donors (Lipinski definition) is 2. The number of hydrogen-bond acceptors (Lipinski definition) is 4. The molecule has 0 radical (unpaired) electrons. The number of halogens is 2. The first kappa shape index (κ1) is 19.4. The van der Waals surface area contributed by atoms with Crippen LogP contribution in [0.4, 0.5) is 19.3 Å². The van der Waals surface area contributed by atoms with Gasteiger partial charge >= 0.3 is 6.03 Å². The predicted octanol–water partition coefficient (Wildman–Crippen LogP) is 2.66. The lowest BCUT2D eigenvalue weighted by Gasteiger charge is -2.16. The Morgan fingerprint density at radius 2 is 2.07 bits per heavy atom. The molecule has 8 nitrogen and oxygen atoms in total. The fourth-order valence-electron chi connectivity index (χ4n) is 4.59. The molecule has 0 fully saturated rings. The molecule has 30 heavy (non-hydrogen) atoms. The van der Waals surface area contributed by atoms with Crippen LogP contribution in [-0.2, 0) is 42.1 Å². The maximum atomic E-state index is 14.8. The van der Waals surface area contributed by atoms with Crippen molar-refractivity contribution in [2.24, 2.45) is 9.50 Å². The second-order valence-corrected chi connectivity index (χ2v) is 9.74. The van der Waals surface area contributed by atoms with Crippen LogP contribution in [0.15, 0.2) is 15.5 Å². The number of amides is 2. The van der Waals surface area contributed by atoms with Gasteiger partial charge in [-0.1, -0.05) is 0 Å². The van der Waals surface area contributed by atoms with Crippen molar-refractivity contribution >= 4 is 21.6 Å². The second-order valence-electron chi connectivity index (χ2n) is 7.98. The van der Waals surface area contributed by atoms with Crippen LogP contribution < -0.4 is 15.2 Å². The maximum Gasteiger partial charge on any atom is 0.354 e. The highest BCUT2D eigenvalue weighted by Crippen LogP contribution is 2.41. The largest absolute Gasteiger partial charge is 0.472 e. The molecule has 2 heterocycles. The summed E-state index contributed by atoms with van der Waals surface area (Å²) in [4.78, 5) is 12.7. The molecule has 1 aromatic carbocycles. The number of fused-ring (bicyclic) bond motifs is 3. The Balaban J connectivity index is 1.51. The SMILES string of the molecule is C[C@@H]1Cn2ncc(S(N)(=O)=NC(=O)Nc3c4c(c(F)c5c3C[C@H](F)C5)CCC4)c2O1. The number of carbonyl (C=O) groups excluding carboxylic acids is 1. The quantitative estimate of drug-likeness (QED) is 0.752. The van der Waals surface area contributed by atoms with Gasteiger partial charge in [-0.3, -0.25) is 0 Å². The molecule has 3 aliphatic rings. The molecule has 160 valence electrons. The van der Waals surface area contributed by atoms with Crippen molar-refractivity contribution in [3.8, 4) is 5.88 Å². The van der Waals surface area contributed by atoms with E-state index in [1.165, 1.54) is 10.9 Å². The molecule has 2 aliphatic carbocycles. The molecular formula is C19H21F2N5O3S. The van der Waals surface area contributed by atoms with Crippen LogP contribution in [0.5, 0.6) is 5.88 Å². The number of anilines is 1. The van der Waals surface area contributed by atoms with Crippen LogP contribution >= 0.6 is 0 Å². The standard InChI is InChI=1S/C19H21F2N5O3S/c1-9-8-26-18(29-9)15(7-23-26)30(22,28)25-19(27)24-17-12-4-2-3-11(12)16(21)13-5-10(20)6-14(13)17/h7,9-10H,2-6,8H2,1H3,(H3,22,24,25,27,28)/t9-,10-,30?/m1/s1. The van der Waals surface area contributed by atoms with Crippen molar-refractivity contribution in [3.05, 3.63) is 34.3 Å². The molecule has 11 heteroatoms. The lowest BCUT2D eigenvalue weighted by molar-refractivity contribution is 0.248. The van der Waals surface area contributed by atoms with E-state index >= 15 is 0 Å². The van der Waals surface area contributed by atoms with E-state index in [0.717, 1.165) is 6.42 Å². The predicted molar refractivity (Wildman–Crippen MR) is 105 cm³/mol. The summed E-state index contributed by atoms with van der Waals surface area (Å²) in [5.41, 5.74) is 2.33. The average molecular weight is 437 g/mol. The minimum Gasteiger partial charge on any atom is -0.472 e. The Morgan fingerprint density at radius 1 is 1.33 bits per heavy atom. The van der Waals surface area contributed by atoms with E-state index in [4.69, 9.17) is 9.88 Å². The van der Waals surface area contributed by atoms with E-state index in [1.54, 1.807) is 0 Å². The van der Waals surface area contributed by atoms with Gasteiger partial charge < -0.3 is 10.1 Å². The summed E-state index contributed by atoms with van der Waals surface area (Å²) in [6.07, 6.45) is 1.80. The molecule has 5 rings (SSSR count). The van der Waals surface area contributed by atoms with Gasteiger partial charge in [0.05, 0.1) is 12.7 Å². The van der Waals surface area contributed by atoms with E-state index in [-0.39, 0.29) is 35.5 Å². The summed E-state index contributed by atoms with van der Waals surface area (Å²) in [6.45, 7) is 2.31. The van der Waals surface area contributed by atoms with Crippen LogP contribution in [0.3, 0.4) is 0 Å². The third-order valence-corrected chi connectivity index (χ3v) is 7.18. The van der Waals surface area contributed by atoms with Crippen LogP contribution in [0.2, 0.25) is 0 Å². The van der Waals surface area contributed by atoms with Gasteiger partial charge in [-0.15, -0.1) is 4.36 Å². The smallest absolute Gasteiger partial charge is 0.354 e. The first-order valence-electron chi connectivity index (χ1n) is 9.82. The van der Waals surface area contributed by atoms with Gasteiger partial charge in [0, 0.05) is 18.5 Å². The first-order chi connectivity index (χ1) is 14.2. The highest BCUT2D eigenvalue weighted by molar-refractivity contribution is 7.91. The van der Waals surface area contributed by atoms with Crippen LogP contribution in [-0.4, -0.2) is 32.3 Å². The van der Waals surface area contributed by atoms with Crippen LogP contribution in [0.1, 0.15) is 35.6 Å². The fourth-order valence-corrected chi connectivity index (χ4v) is 5.59. The number of nitrogens with zero attached hydrogens (tertiary/aromatic N) is 3. The van der Waals surface area contributed by atoms with Crippen molar-refractivity contribution in [1.82, 2.24) is 9.78 Å². The minimum absolute atomic E-state index is 0.0137. The average Bonchev–Trinajstić information content (AvgIpc) is 3.40. The number of rotatable bonds is 2. The van der Waals surface area contributed by atoms with Gasteiger partial charge in [0.2, 0.25) is 5.88 Å². The zero-order chi connectivity index (χ0) is 21.2. The molecule has 0 saturated heterocycles. The van der Waals surface area contributed by atoms with Gasteiger partial charge in [-0.05, 0) is 48.4 Å². The van der Waals surface area contributed by atoms with E-state index in [0.29, 0.717) is 47.3 Å². The molecule has 0 saturated carbocycles. The Bertz CT molecular complexity index is 1200. The minimum atomic E-state index is -3.63. The van der Waals surface area contributed by atoms with Crippen molar-refractivity contribution in [2.75, 3.05) is 5.32 Å². The van der Waals surface area contributed by atoms with Gasteiger partial charge in [0.1, 0.15) is 23.0 Å². The van der Waals surface area contributed by atoms with Gasteiger partial charge in [-0.2, -0.15) is 5.10 Å². The summed E-state index contributed by atoms with van der Waals surface area (Å²) >= 11 is 0. The Morgan fingerprint density at radius 3 is 2.87 bits per heavy atom. The van der Waals surface area contributed by atoms with Gasteiger partial charge in [0.15, 0.2) is 9.92 Å². The molecule has 3 N–H and O–H groups in total. The summed E-state index contributed by atoms with van der Waals surface area (Å²) in [5.74, 6) is -0.132. The zero-order valence-corrected chi connectivity index (χ0v) is 17.1. The fraction of sp³-hybridized carbons (Fsp3) is 0.474. The molecule has 0 spiro atoms. The lowest BCUT2D eigenvalue weighted by atomic mass is 9.98. The summed E-state index contributed by atoms with van der Waals surface area (Å²) in [6, 6.07) is -0.932. The highest BCUT2D eigenvalue weighted by Gasteiger charge is 2.34.